The van der Waals surface area contributed by atoms with Crippen LogP contribution in [-0.2, 0) is 20.2 Å². The number of phenolic OH excluding ortho intramolecular Hbond substituents is 1. The van der Waals surface area contributed by atoms with E-state index in [-0.39, 0.29) is 80.5 Å². The van der Waals surface area contributed by atoms with Crippen molar-refractivity contribution in [1.29, 1.82) is 0 Å². The van der Waals surface area contributed by atoms with Crippen molar-refractivity contribution in [2.24, 2.45) is 20.5 Å². The maximum Gasteiger partial charge on any atom is 0.296 e. The molecule has 0 saturated carbocycles. The van der Waals surface area contributed by atoms with Gasteiger partial charge in [0.2, 0.25) is 0 Å². The molecular formula is C29H22N6Na2O8S2. The van der Waals surface area contributed by atoms with Crippen LogP contribution >= 0.6 is 0 Å². The number of nitrogens with one attached hydrogen (secondary N) is 1. The van der Waals surface area contributed by atoms with Crippen LogP contribution in [0.15, 0.2) is 127 Å². The number of phenols is 1. The van der Waals surface area contributed by atoms with Gasteiger partial charge in [-0.15, -0.1) is 5.11 Å². The topological polar surface area (TPSA) is 234 Å². The van der Waals surface area contributed by atoms with Gasteiger partial charge in [-0.2, -0.15) is 32.2 Å². The number of anilines is 2. The van der Waals surface area contributed by atoms with Crippen LogP contribution in [-0.4, -0.2) is 96.1 Å². The second-order valence-corrected chi connectivity index (χ2v) is 12.3. The van der Waals surface area contributed by atoms with Crippen LogP contribution in [0.3, 0.4) is 0 Å². The average molecular weight is 693 g/mol. The summed E-state index contributed by atoms with van der Waals surface area (Å²) in [5, 5.41) is 29.9. The van der Waals surface area contributed by atoms with Crippen molar-refractivity contribution in [3.8, 4) is 5.75 Å². The van der Waals surface area contributed by atoms with Crippen LogP contribution in [0, 0.1) is 0 Å². The number of carbonyl (C=O) groups is 1. The molecule has 0 heterocycles. The number of azo groups is 2. The fraction of sp³-hybridized carbons (Fsp3) is 0. The van der Waals surface area contributed by atoms with Crippen molar-refractivity contribution >= 4 is 130 Å². The minimum absolute atomic E-state index is 0. The molecule has 230 valence electrons. The van der Waals surface area contributed by atoms with Gasteiger partial charge in [-0.3, -0.25) is 13.9 Å². The summed E-state index contributed by atoms with van der Waals surface area (Å²) >= 11 is 0. The molecule has 0 unspecified atom stereocenters. The molecule has 2 radical (unpaired) electrons. The van der Waals surface area contributed by atoms with E-state index < -0.39 is 42.5 Å². The summed E-state index contributed by atoms with van der Waals surface area (Å²) in [5.41, 5.74) is 7.24. The number of fused-ring (bicyclic) bond motifs is 1. The smallest absolute Gasteiger partial charge is 0.296 e. The summed E-state index contributed by atoms with van der Waals surface area (Å²) in [5.74, 6) is -1.01. The normalized spacial score (nSPS) is 11.7. The monoisotopic (exact) mass is 692 g/mol. The molecule has 0 atom stereocenters. The average Bonchev–Trinajstić information content (AvgIpc) is 2.99. The van der Waals surface area contributed by atoms with E-state index >= 15 is 0 Å². The Bertz CT molecular complexity index is 2220. The Labute approximate surface area is 312 Å². The number of amides is 1. The molecule has 5 aromatic rings. The molecule has 0 spiro atoms. The van der Waals surface area contributed by atoms with Gasteiger partial charge >= 0.3 is 0 Å². The second-order valence-electron chi connectivity index (χ2n) is 9.44. The largest absolute Gasteiger partial charge is 0.505 e. The Balaban J connectivity index is 0.00000300. The number of carbonyl (C=O) groups excluding carboxylic acids is 1. The molecule has 5 rings (SSSR count). The molecule has 1 amide bonds. The zero-order chi connectivity index (χ0) is 32.4. The molecule has 47 heavy (non-hydrogen) atoms. The molecule has 18 heteroatoms. The summed E-state index contributed by atoms with van der Waals surface area (Å²) in [7, 11) is -9.20. The minimum atomic E-state index is -4.87. The molecule has 0 aliphatic heterocycles. The first-order chi connectivity index (χ1) is 21.3. The van der Waals surface area contributed by atoms with E-state index in [4.69, 9.17) is 10.3 Å². The molecule has 0 bridgehead atoms. The van der Waals surface area contributed by atoms with Crippen molar-refractivity contribution < 1.29 is 35.8 Å². The Morgan fingerprint density at radius 1 is 0.660 bits per heavy atom. The van der Waals surface area contributed by atoms with Gasteiger partial charge in [-0.05, 0) is 102 Å². The molecule has 5 aromatic carbocycles. The van der Waals surface area contributed by atoms with Crippen molar-refractivity contribution in [1.82, 2.24) is 0 Å². The summed E-state index contributed by atoms with van der Waals surface area (Å²) < 4.78 is 65.7. The third kappa shape index (κ3) is 9.51. The number of benzene rings is 5. The first kappa shape index (κ1) is 37.9. The van der Waals surface area contributed by atoms with Gasteiger partial charge in [0.25, 0.3) is 26.1 Å². The van der Waals surface area contributed by atoms with Crippen molar-refractivity contribution in [2.75, 3.05) is 11.1 Å². The van der Waals surface area contributed by atoms with Gasteiger partial charge in [0.05, 0.1) is 22.0 Å². The molecule has 0 aliphatic rings. The number of aromatic hydroxyl groups is 1. The van der Waals surface area contributed by atoms with E-state index in [1.54, 1.807) is 24.3 Å². The van der Waals surface area contributed by atoms with Crippen LogP contribution in [0.25, 0.3) is 10.8 Å². The molecule has 6 N–H and O–H groups in total. The van der Waals surface area contributed by atoms with Gasteiger partial charge in [-0.25, -0.2) is 0 Å². The van der Waals surface area contributed by atoms with Crippen LogP contribution in [0.5, 0.6) is 5.75 Å². The molecule has 0 aromatic heterocycles. The Kier molecular flexibility index (Phi) is 12.6. The van der Waals surface area contributed by atoms with E-state index in [9.17, 15) is 31.3 Å². The Morgan fingerprint density at radius 2 is 1.17 bits per heavy atom. The number of nitrogens with zero attached hydrogens (tertiary/aromatic N) is 4. The predicted molar refractivity (Wildman–Crippen MR) is 177 cm³/mol. The van der Waals surface area contributed by atoms with E-state index in [0.29, 0.717) is 28.3 Å². The Hall–Kier alpha value is -3.55. The van der Waals surface area contributed by atoms with E-state index in [1.807, 2.05) is 0 Å². The van der Waals surface area contributed by atoms with Crippen molar-refractivity contribution in [3.05, 3.63) is 103 Å². The van der Waals surface area contributed by atoms with E-state index in [0.717, 1.165) is 6.07 Å². The summed E-state index contributed by atoms with van der Waals surface area (Å²) in [6, 6.07) is 22.8. The number of hydrogen-bond acceptors (Lipinski definition) is 11. The first-order valence-corrected chi connectivity index (χ1v) is 15.6. The zero-order valence-corrected chi connectivity index (χ0v) is 30.4. The number of hydrogen-bond donors (Lipinski definition) is 5. The second kappa shape index (κ2) is 15.6. The fourth-order valence-corrected chi connectivity index (χ4v) is 5.19. The van der Waals surface area contributed by atoms with Gasteiger partial charge in [0, 0.05) is 81.4 Å². The van der Waals surface area contributed by atoms with Gasteiger partial charge in [0.15, 0.2) is 5.75 Å². The first-order valence-electron chi connectivity index (χ1n) is 12.7. The van der Waals surface area contributed by atoms with Gasteiger partial charge < -0.3 is 16.2 Å². The van der Waals surface area contributed by atoms with E-state index in [2.05, 4.69) is 25.8 Å². The van der Waals surface area contributed by atoms with Crippen LogP contribution in [0.2, 0.25) is 0 Å². The number of rotatable bonds is 8. The number of nitrogens with two attached hydrogens (primary N) is 1. The molecule has 0 aliphatic carbocycles. The van der Waals surface area contributed by atoms with E-state index in [1.165, 1.54) is 66.7 Å². The van der Waals surface area contributed by atoms with Gasteiger partial charge in [-0.1, -0.05) is 0 Å². The number of nitrogen functional groups attached to an aromatic ring is 1. The fourth-order valence-electron chi connectivity index (χ4n) is 4.05. The minimum Gasteiger partial charge on any atom is -0.505 e. The maximum atomic E-state index is 12.6. The summed E-state index contributed by atoms with van der Waals surface area (Å²) in [4.78, 5) is 11.6. The van der Waals surface area contributed by atoms with Crippen molar-refractivity contribution in [2.45, 2.75) is 9.79 Å². The third-order valence-electron chi connectivity index (χ3n) is 6.29. The van der Waals surface area contributed by atoms with Crippen molar-refractivity contribution in [3.63, 3.8) is 0 Å². The standard InChI is InChI=1S/C29H22N6O8S2.2Na/c30-19-3-1-17(2-4-19)29(37)31-23-11-14-25-18(15-23)16-26(45(41,42)43)27(28(25)36)35-34-21-7-5-20(6-8-21)32-33-22-9-12-24(13-10-22)44(38,39)40;;/h1-16,36H,30H2,(H,31,37)(H,38,39,40)(H,41,42,43);;. The SMILES string of the molecule is Nc1ccc(C(=O)Nc2ccc3c(O)c(N=Nc4ccc(N=Nc5ccc(S(=O)(=O)O)cc5)cc4)c(S(=O)(=O)O)cc3c2)cc1.[Na].[Na]. The summed E-state index contributed by atoms with van der Waals surface area (Å²) in [6.45, 7) is 0. The maximum absolute atomic E-state index is 12.6. The summed E-state index contributed by atoms with van der Waals surface area (Å²) in [6.07, 6.45) is 0. The molecule has 0 fully saturated rings. The third-order valence-corrected chi connectivity index (χ3v) is 8.03. The van der Waals surface area contributed by atoms with Crippen LogP contribution < -0.4 is 11.1 Å². The molecular weight excluding hydrogens is 670 g/mol. The zero-order valence-electron chi connectivity index (χ0n) is 24.8. The predicted octanol–water partition coefficient (Wildman–Crippen LogP) is 5.94. The van der Waals surface area contributed by atoms with Crippen LogP contribution in [0.4, 0.5) is 34.1 Å². The Morgan fingerprint density at radius 3 is 1.68 bits per heavy atom. The molecule has 14 nitrogen and oxygen atoms in total. The van der Waals surface area contributed by atoms with Gasteiger partial charge in [0.1, 0.15) is 10.6 Å². The van der Waals surface area contributed by atoms with Crippen LogP contribution in [0.1, 0.15) is 10.4 Å². The molecule has 0 saturated heterocycles. The quantitative estimate of drug-likeness (QED) is 0.0559.